The van der Waals surface area contributed by atoms with E-state index in [1.165, 1.54) is 0 Å². The van der Waals surface area contributed by atoms with E-state index in [0.717, 1.165) is 18.8 Å². The first-order valence-corrected chi connectivity index (χ1v) is 5.93. The van der Waals surface area contributed by atoms with Gasteiger partial charge in [0, 0.05) is 24.5 Å². The summed E-state index contributed by atoms with van der Waals surface area (Å²) in [5.41, 5.74) is 2.83. The Kier molecular flexibility index (Phi) is 4.62. The quantitative estimate of drug-likeness (QED) is 0.541. The van der Waals surface area contributed by atoms with Gasteiger partial charge in [-0.2, -0.15) is 5.10 Å². The van der Waals surface area contributed by atoms with Crippen molar-refractivity contribution in [1.29, 1.82) is 0 Å². The fourth-order valence-corrected chi connectivity index (χ4v) is 1.72. The van der Waals surface area contributed by atoms with Crippen LogP contribution in [0.5, 0.6) is 0 Å². The predicted octanol–water partition coefficient (Wildman–Crippen LogP) is 0.0126. The zero-order chi connectivity index (χ0) is 13.1. The van der Waals surface area contributed by atoms with Crippen molar-refractivity contribution >= 4 is 0 Å². The second-order valence-electron chi connectivity index (χ2n) is 4.96. The van der Waals surface area contributed by atoms with Crippen molar-refractivity contribution in [2.45, 2.75) is 45.3 Å². The van der Waals surface area contributed by atoms with E-state index in [1.807, 2.05) is 4.68 Å². The van der Waals surface area contributed by atoms with E-state index in [-0.39, 0.29) is 11.6 Å². The highest BCUT2D eigenvalue weighted by atomic mass is 15.3. The maximum Gasteiger partial charge on any atom is 0.138 e. The molecule has 0 aromatic carbocycles. The summed E-state index contributed by atoms with van der Waals surface area (Å²) >= 11 is 0. The Morgan fingerprint density at radius 1 is 1.53 bits per heavy atom. The van der Waals surface area contributed by atoms with Gasteiger partial charge in [0.2, 0.25) is 0 Å². The van der Waals surface area contributed by atoms with E-state index < -0.39 is 0 Å². The number of rotatable bonds is 6. The molecule has 17 heavy (non-hydrogen) atoms. The minimum atomic E-state index is -0.0563. The second-order valence-corrected chi connectivity index (χ2v) is 4.96. The number of aromatic nitrogens is 3. The molecule has 1 atom stereocenters. The molecule has 0 amide bonds. The maximum absolute atomic E-state index is 5.67. The number of likely N-dealkylation sites (N-methyl/N-ethyl adjacent to an activating group) is 1. The molecule has 3 N–H and O–H groups in total. The molecule has 0 saturated carbocycles. The van der Waals surface area contributed by atoms with Crippen LogP contribution in [-0.4, -0.2) is 45.3 Å². The third-order valence-corrected chi connectivity index (χ3v) is 3.59. The van der Waals surface area contributed by atoms with Crippen LogP contribution in [0.3, 0.4) is 0 Å². The van der Waals surface area contributed by atoms with Gasteiger partial charge < -0.3 is 4.90 Å². The van der Waals surface area contributed by atoms with E-state index in [1.54, 1.807) is 6.33 Å². The molecule has 6 nitrogen and oxygen atoms in total. The summed E-state index contributed by atoms with van der Waals surface area (Å²) < 4.78 is 1.90. The van der Waals surface area contributed by atoms with E-state index in [0.29, 0.717) is 0 Å². The van der Waals surface area contributed by atoms with Crippen molar-refractivity contribution in [3.8, 4) is 0 Å². The lowest BCUT2D eigenvalue weighted by molar-refractivity contribution is 0.135. The van der Waals surface area contributed by atoms with E-state index >= 15 is 0 Å². The molecule has 0 aliphatic rings. The van der Waals surface area contributed by atoms with Crippen LogP contribution in [0, 0.1) is 0 Å². The van der Waals surface area contributed by atoms with Crippen LogP contribution >= 0.6 is 0 Å². The molecule has 1 heterocycles. The molecule has 0 radical (unpaired) electrons. The average Bonchev–Trinajstić information content (AvgIpc) is 2.72. The maximum atomic E-state index is 5.67. The van der Waals surface area contributed by atoms with Crippen LogP contribution < -0.4 is 11.3 Å². The van der Waals surface area contributed by atoms with Crippen LogP contribution in [-0.2, 0) is 13.0 Å². The molecular weight excluding hydrogens is 216 g/mol. The van der Waals surface area contributed by atoms with Gasteiger partial charge in [0.1, 0.15) is 12.2 Å². The highest BCUT2D eigenvalue weighted by Crippen LogP contribution is 2.18. The van der Waals surface area contributed by atoms with Crippen LogP contribution in [0.4, 0.5) is 0 Å². The zero-order valence-electron chi connectivity index (χ0n) is 11.4. The minimum absolute atomic E-state index is 0.0563. The monoisotopic (exact) mass is 240 g/mol. The van der Waals surface area contributed by atoms with E-state index in [4.69, 9.17) is 5.84 Å². The first-order chi connectivity index (χ1) is 7.93. The Morgan fingerprint density at radius 2 is 2.18 bits per heavy atom. The Labute approximate surface area is 103 Å². The summed E-state index contributed by atoms with van der Waals surface area (Å²) in [4.78, 5) is 6.44. The largest absolute Gasteiger partial charge is 0.303 e. The summed E-state index contributed by atoms with van der Waals surface area (Å²) in [5, 5.41) is 4.17. The van der Waals surface area contributed by atoms with Crippen molar-refractivity contribution in [2.24, 2.45) is 5.84 Å². The van der Waals surface area contributed by atoms with Crippen LogP contribution in [0.25, 0.3) is 0 Å². The normalized spacial score (nSPS) is 14.3. The van der Waals surface area contributed by atoms with Crippen molar-refractivity contribution in [2.75, 3.05) is 14.1 Å². The molecule has 0 bridgehead atoms. The fraction of sp³-hybridized carbons (Fsp3) is 0.818. The van der Waals surface area contributed by atoms with Gasteiger partial charge in [0.15, 0.2) is 0 Å². The molecule has 0 saturated heterocycles. The number of nitrogens with two attached hydrogens (primary N) is 1. The Bertz CT molecular complexity index is 343. The van der Waals surface area contributed by atoms with Gasteiger partial charge in [-0.05, 0) is 34.9 Å². The van der Waals surface area contributed by atoms with Crippen LogP contribution in [0.15, 0.2) is 6.33 Å². The SMILES string of the molecule is CCn1ncnc1CC(NN)C(C)(C)N(C)C. The van der Waals surface area contributed by atoms with Gasteiger partial charge in [-0.25, -0.2) is 4.98 Å². The predicted molar refractivity (Wildman–Crippen MR) is 68.3 cm³/mol. The Hall–Kier alpha value is -0.980. The van der Waals surface area contributed by atoms with Gasteiger partial charge in [0.05, 0.1) is 0 Å². The van der Waals surface area contributed by atoms with Crippen LogP contribution in [0.1, 0.15) is 26.6 Å². The lowest BCUT2D eigenvalue weighted by Gasteiger charge is -2.39. The number of hydrogen-bond acceptors (Lipinski definition) is 5. The minimum Gasteiger partial charge on any atom is -0.303 e. The van der Waals surface area contributed by atoms with E-state index in [2.05, 4.69) is 55.3 Å². The van der Waals surface area contributed by atoms with Gasteiger partial charge in [-0.15, -0.1) is 0 Å². The van der Waals surface area contributed by atoms with Crippen molar-refractivity contribution in [3.05, 3.63) is 12.2 Å². The summed E-state index contributed by atoms with van der Waals surface area (Å²) in [6, 6.07) is 0.118. The summed E-state index contributed by atoms with van der Waals surface area (Å²) in [5.74, 6) is 6.63. The summed E-state index contributed by atoms with van der Waals surface area (Å²) in [6.45, 7) is 7.20. The molecule has 0 aliphatic carbocycles. The van der Waals surface area contributed by atoms with Gasteiger partial charge in [0.25, 0.3) is 0 Å². The summed E-state index contributed by atoms with van der Waals surface area (Å²) in [6.07, 6.45) is 2.35. The third-order valence-electron chi connectivity index (χ3n) is 3.59. The molecule has 1 rings (SSSR count). The van der Waals surface area contributed by atoms with Crippen molar-refractivity contribution in [1.82, 2.24) is 25.1 Å². The van der Waals surface area contributed by atoms with E-state index in [9.17, 15) is 0 Å². The first kappa shape index (κ1) is 14.1. The molecule has 1 unspecified atom stereocenters. The molecular formula is C11H24N6. The molecule has 1 aromatic heterocycles. The molecule has 1 aromatic rings. The number of nitrogens with one attached hydrogen (secondary N) is 1. The smallest absolute Gasteiger partial charge is 0.138 e. The fourth-order valence-electron chi connectivity index (χ4n) is 1.72. The number of hydrogen-bond donors (Lipinski definition) is 2. The number of aryl methyl sites for hydroxylation is 1. The molecule has 6 heteroatoms. The van der Waals surface area contributed by atoms with Crippen molar-refractivity contribution in [3.63, 3.8) is 0 Å². The molecule has 0 aliphatic heterocycles. The zero-order valence-corrected chi connectivity index (χ0v) is 11.4. The number of nitrogens with zero attached hydrogens (tertiary/aromatic N) is 4. The standard InChI is InChI=1S/C11H24N6/c1-6-17-10(13-8-14-17)7-9(15-12)11(2,3)16(4)5/h8-9,15H,6-7,12H2,1-5H3. The molecule has 98 valence electrons. The van der Waals surface area contributed by atoms with Gasteiger partial charge >= 0.3 is 0 Å². The lowest BCUT2D eigenvalue weighted by Crippen LogP contribution is -2.58. The van der Waals surface area contributed by atoms with Crippen molar-refractivity contribution < 1.29 is 0 Å². The Morgan fingerprint density at radius 3 is 2.65 bits per heavy atom. The average molecular weight is 240 g/mol. The Balaban J connectivity index is 2.84. The van der Waals surface area contributed by atoms with Crippen LogP contribution in [0.2, 0.25) is 0 Å². The van der Waals surface area contributed by atoms with Gasteiger partial charge in [-0.1, -0.05) is 0 Å². The highest BCUT2D eigenvalue weighted by Gasteiger charge is 2.31. The second kappa shape index (κ2) is 5.57. The first-order valence-electron chi connectivity index (χ1n) is 5.93. The third kappa shape index (κ3) is 3.02. The lowest BCUT2D eigenvalue weighted by atomic mass is 9.91. The highest BCUT2D eigenvalue weighted by molar-refractivity contribution is 4.98. The molecule has 0 spiro atoms. The molecule has 0 fully saturated rings. The number of hydrazine groups is 1. The van der Waals surface area contributed by atoms with Gasteiger partial charge in [-0.3, -0.25) is 16.0 Å². The topological polar surface area (TPSA) is 72.0 Å². The summed E-state index contributed by atoms with van der Waals surface area (Å²) in [7, 11) is 4.10.